The highest BCUT2D eigenvalue weighted by Crippen LogP contribution is 2.31. The van der Waals surface area contributed by atoms with Gasteiger partial charge in [0.2, 0.25) is 0 Å². The third-order valence-corrected chi connectivity index (χ3v) is 8.74. The molecule has 0 saturated carbocycles. The van der Waals surface area contributed by atoms with Crippen molar-refractivity contribution in [2.24, 2.45) is 0 Å². The normalized spacial score (nSPS) is 14.5. The lowest BCUT2D eigenvalue weighted by atomic mass is 9.94. The molecule has 6 nitrogen and oxygen atoms in total. The molecule has 6 aromatic rings. The van der Waals surface area contributed by atoms with Crippen molar-refractivity contribution < 1.29 is 30.6 Å². The molecular formula is C44H38O6. The lowest BCUT2D eigenvalue weighted by Crippen LogP contribution is -2.45. The first-order chi connectivity index (χ1) is 24.3. The minimum Gasteiger partial charge on any atom is -0.509 e. The molecule has 0 radical (unpaired) electrons. The minimum absolute atomic E-state index is 0.565. The summed E-state index contributed by atoms with van der Waals surface area (Å²) in [5.41, 5.74) is 8.69. The smallest absolute Gasteiger partial charge is 0.139 e. The molecule has 0 heterocycles. The van der Waals surface area contributed by atoms with Gasteiger partial charge in [-0.25, -0.2) is 0 Å². The summed E-state index contributed by atoms with van der Waals surface area (Å²) in [6, 6.07) is 50.3. The van der Waals surface area contributed by atoms with E-state index >= 15 is 0 Å². The molecule has 6 aromatic carbocycles. The maximum Gasteiger partial charge on any atom is 0.139 e. The number of aliphatic hydroxyl groups excluding tert-OH is 6. The maximum absolute atomic E-state index is 10.8. The Labute approximate surface area is 291 Å². The Morgan fingerprint density at radius 3 is 0.980 bits per heavy atom. The van der Waals surface area contributed by atoms with Gasteiger partial charge in [-0.1, -0.05) is 158 Å². The molecule has 0 aliphatic carbocycles. The predicted molar refractivity (Wildman–Crippen MR) is 200 cm³/mol. The van der Waals surface area contributed by atoms with Gasteiger partial charge >= 0.3 is 0 Å². The molecule has 0 fully saturated rings. The SMILES string of the molecule is OC(=Cc1ccccc1-c1ccc(-c2ccccc2)cc1)[C@@H](O)[C@@H](O)[C@H](O)[C@@H](O)C(O)=Cc1ccccc1-c1ccc(-c2ccccc2)cc1. The van der Waals surface area contributed by atoms with Gasteiger partial charge in [-0.3, -0.25) is 0 Å². The molecule has 250 valence electrons. The van der Waals surface area contributed by atoms with Crippen molar-refractivity contribution in [2.45, 2.75) is 24.4 Å². The van der Waals surface area contributed by atoms with E-state index in [1.807, 2.05) is 133 Å². The molecule has 50 heavy (non-hydrogen) atoms. The zero-order valence-electron chi connectivity index (χ0n) is 27.2. The Morgan fingerprint density at radius 2 is 0.620 bits per heavy atom. The van der Waals surface area contributed by atoms with Gasteiger partial charge in [-0.2, -0.15) is 0 Å². The third kappa shape index (κ3) is 7.76. The largest absolute Gasteiger partial charge is 0.509 e. The van der Waals surface area contributed by atoms with E-state index in [1.165, 1.54) is 12.2 Å². The summed E-state index contributed by atoms with van der Waals surface area (Å²) in [5.74, 6) is -1.24. The van der Waals surface area contributed by atoms with Gasteiger partial charge in [-0.15, -0.1) is 0 Å². The van der Waals surface area contributed by atoms with Crippen molar-refractivity contribution in [1.29, 1.82) is 0 Å². The summed E-state index contributed by atoms with van der Waals surface area (Å²) < 4.78 is 0. The van der Waals surface area contributed by atoms with Crippen molar-refractivity contribution in [1.82, 2.24) is 0 Å². The number of aliphatic hydroxyl groups is 6. The van der Waals surface area contributed by atoms with E-state index in [-0.39, 0.29) is 0 Å². The molecule has 6 heteroatoms. The quantitative estimate of drug-likeness (QED) is 0.0777. The second-order valence-electron chi connectivity index (χ2n) is 12.1. The average Bonchev–Trinajstić information content (AvgIpc) is 3.18. The van der Waals surface area contributed by atoms with E-state index in [0.717, 1.165) is 44.5 Å². The van der Waals surface area contributed by atoms with E-state index in [4.69, 9.17) is 0 Å². The first kappa shape index (κ1) is 34.1. The topological polar surface area (TPSA) is 121 Å². The van der Waals surface area contributed by atoms with Crippen LogP contribution in [-0.2, 0) is 0 Å². The lowest BCUT2D eigenvalue weighted by molar-refractivity contribution is -0.0996. The average molecular weight is 663 g/mol. The van der Waals surface area contributed by atoms with E-state index in [2.05, 4.69) is 0 Å². The zero-order chi connectivity index (χ0) is 35.0. The van der Waals surface area contributed by atoms with Gasteiger partial charge < -0.3 is 30.6 Å². The summed E-state index contributed by atoms with van der Waals surface area (Å²) in [7, 11) is 0. The number of hydrogen-bond acceptors (Lipinski definition) is 6. The highest BCUT2D eigenvalue weighted by Gasteiger charge is 2.34. The Balaban J connectivity index is 1.17. The van der Waals surface area contributed by atoms with E-state index in [9.17, 15) is 30.6 Å². The maximum atomic E-state index is 10.8. The van der Waals surface area contributed by atoms with Crippen molar-refractivity contribution in [2.75, 3.05) is 0 Å². The van der Waals surface area contributed by atoms with Crippen LogP contribution in [0.2, 0.25) is 0 Å². The molecule has 0 saturated heterocycles. The first-order valence-corrected chi connectivity index (χ1v) is 16.3. The van der Waals surface area contributed by atoms with Crippen molar-refractivity contribution in [3.8, 4) is 44.5 Å². The Morgan fingerprint density at radius 1 is 0.340 bits per heavy atom. The van der Waals surface area contributed by atoms with Crippen LogP contribution >= 0.6 is 0 Å². The molecule has 0 unspecified atom stereocenters. The van der Waals surface area contributed by atoms with Crippen LogP contribution in [0.5, 0.6) is 0 Å². The zero-order valence-corrected chi connectivity index (χ0v) is 27.2. The van der Waals surface area contributed by atoms with Gasteiger partial charge in [-0.05, 0) is 67.8 Å². The van der Waals surface area contributed by atoms with E-state index < -0.39 is 35.9 Å². The summed E-state index contributed by atoms with van der Waals surface area (Å²) in [6.45, 7) is 0. The minimum atomic E-state index is -2.03. The summed E-state index contributed by atoms with van der Waals surface area (Å²) >= 11 is 0. The van der Waals surface area contributed by atoms with E-state index in [0.29, 0.717) is 11.1 Å². The van der Waals surface area contributed by atoms with Gasteiger partial charge in [0.25, 0.3) is 0 Å². The monoisotopic (exact) mass is 662 g/mol. The van der Waals surface area contributed by atoms with Crippen molar-refractivity contribution in [3.63, 3.8) is 0 Å². The van der Waals surface area contributed by atoms with Crippen LogP contribution in [0, 0.1) is 0 Å². The molecule has 4 atom stereocenters. The predicted octanol–water partition coefficient (Wildman–Crippen LogP) is 8.30. The van der Waals surface area contributed by atoms with Crippen LogP contribution in [0.25, 0.3) is 56.7 Å². The van der Waals surface area contributed by atoms with Crippen LogP contribution in [0.15, 0.2) is 169 Å². The summed E-state index contributed by atoms with van der Waals surface area (Å²) in [4.78, 5) is 0. The van der Waals surface area contributed by atoms with Gasteiger partial charge in [0, 0.05) is 0 Å². The van der Waals surface area contributed by atoms with Crippen LogP contribution in [0.4, 0.5) is 0 Å². The van der Waals surface area contributed by atoms with Gasteiger partial charge in [0.1, 0.15) is 35.9 Å². The summed E-state index contributed by atoms with van der Waals surface area (Å²) in [6.07, 6.45) is -5.37. The molecule has 0 aromatic heterocycles. The van der Waals surface area contributed by atoms with Crippen LogP contribution < -0.4 is 0 Å². The molecule has 0 aliphatic heterocycles. The van der Waals surface area contributed by atoms with Gasteiger partial charge in [0.05, 0.1) is 0 Å². The number of benzene rings is 6. The van der Waals surface area contributed by atoms with Crippen LogP contribution in [-0.4, -0.2) is 55.1 Å². The second-order valence-corrected chi connectivity index (χ2v) is 12.1. The highest BCUT2D eigenvalue weighted by atomic mass is 16.4. The molecule has 6 N–H and O–H groups in total. The van der Waals surface area contributed by atoms with Crippen LogP contribution in [0.3, 0.4) is 0 Å². The molecular weight excluding hydrogens is 624 g/mol. The van der Waals surface area contributed by atoms with Crippen molar-refractivity contribution in [3.05, 3.63) is 180 Å². The lowest BCUT2D eigenvalue weighted by Gasteiger charge is -2.26. The fraction of sp³-hybridized carbons (Fsp3) is 0.0909. The Kier molecular flexibility index (Phi) is 10.7. The number of hydrogen-bond donors (Lipinski definition) is 6. The third-order valence-electron chi connectivity index (χ3n) is 8.74. The second kappa shape index (κ2) is 15.6. The fourth-order valence-corrected chi connectivity index (χ4v) is 5.93. The molecule has 6 rings (SSSR count). The molecule has 0 aliphatic rings. The molecule has 0 spiro atoms. The van der Waals surface area contributed by atoms with Crippen LogP contribution in [0.1, 0.15) is 11.1 Å². The Hall–Kier alpha value is -5.76. The van der Waals surface area contributed by atoms with Crippen molar-refractivity contribution >= 4 is 12.2 Å². The molecule has 0 bridgehead atoms. The molecule has 0 amide bonds. The highest BCUT2D eigenvalue weighted by molar-refractivity contribution is 5.79. The summed E-state index contributed by atoms with van der Waals surface area (Å²) in [5, 5.41) is 64.9. The first-order valence-electron chi connectivity index (χ1n) is 16.3. The van der Waals surface area contributed by atoms with E-state index in [1.54, 1.807) is 24.3 Å². The Bertz CT molecular complexity index is 1920. The standard InChI is InChI=1S/C44H38O6/c45-39(27-35-15-7-9-17-37(35)33-23-19-31(20-24-33)29-11-3-1-4-12-29)41(47)43(49)44(50)42(48)40(46)28-36-16-8-10-18-38(36)34-25-21-32(22-26-34)30-13-5-2-6-14-30/h1-28,41-50H/t41-,42+,43-,44-/m1/s1. The fourth-order valence-electron chi connectivity index (χ4n) is 5.93. The number of rotatable bonds is 11. The van der Waals surface area contributed by atoms with Gasteiger partial charge in [0.15, 0.2) is 0 Å².